The van der Waals surface area contributed by atoms with Gasteiger partial charge in [-0.05, 0) is 18.9 Å². The second kappa shape index (κ2) is 4.34. The van der Waals surface area contributed by atoms with Gasteiger partial charge < -0.3 is 15.6 Å². The van der Waals surface area contributed by atoms with E-state index >= 15 is 0 Å². The van der Waals surface area contributed by atoms with E-state index in [0.717, 1.165) is 37.0 Å². The molecule has 1 aliphatic rings. The number of ether oxygens (including phenoxy) is 1. The first-order chi connectivity index (χ1) is 7.65. The molecule has 88 valence electrons. The van der Waals surface area contributed by atoms with Gasteiger partial charge in [-0.15, -0.1) is 0 Å². The molecule has 0 atom stereocenters. The molecule has 1 saturated carbocycles. The molecule has 0 amide bonds. The van der Waals surface area contributed by atoms with E-state index in [9.17, 15) is 5.11 Å². The Balaban J connectivity index is 2.32. The van der Waals surface area contributed by atoms with E-state index in [4.69, 9.17) is 10.5 Å². The highest BCUT2D eigenvalue weighted by molar-refractivity contribution is 5.54. The normalized spacial score (nSPS) is 19.4. The van der Waals surface area contributed by atoms with Gasteiger partial charge in [0.15, 0.2) is 0 Å². The van der Waals surface area contributed by atoms with Crippen LogP contribution in [-0.2, 0) is 5.60 Å². The zero-order valence-electron chi connectivity index (χ0n) is 9.70. The van der Waals surface area contributed by atoms with Gasteiger partial charge in [-0.1, -0.05) is 25.3 Å². The SMILES string of the molecule is COc1ccc(C2(O)CCCCC2)c(N)c1. The molecule has 0 spiro atoms. The topological polar surface area (TPSA) is 55.5 Å². The number of nitrogen functional groups attached to an aromatic ring is 1. The first kappa shape index (κ1) is 11.3. The van der Waals surface area contributed by atoms with Crippen molar-refractivity contribution in [2.75, 3.05) is 12.8 Å². The summed E-state index contributed by atoms with van der Waals surface area (Å²) in [5.41, 5.74) is 6.73. The van der Waals surface area contributed by atoms with Gasteiger partial charge >= 0.3 is 0 Å². The van der Waals surface area contributed by atoms with Crippen molar-refractivity contribution in [1.82, 2.24) is 0 Å². The fourth-order valence-corrected chi connectivity index (χ4v) is 2.50. The van der Waals surface area contributed by atoms with Gasteiger partial charge in [-0.3, -0.25) is 0 Å². The van der Waals surface area contributed by atoms with Gasteiger partial charge in [0.1, 0.15) is 5.75 Å². The number of hydrogen-bond donors (Lipinski definition) is 2. The van der Waals surface area contributed by atoms with Crippen molar-refractivity contribution >= 4 is 5.69 Å². The van der Waals surface area contributed by atoms with E-state index in [-0.39, 0.29) is 0 Å². The standard InChI is InChI=1S/C13H19NO2/c1-16-10-5-6-11(12(14)9-10)13(15)7-3-2-4-8-13/h5-6,9,15H,2-4,7-8,14H2,1H3. The van der Waals surface area contributed by atoms with E-state index < -0.39 is 5.60 Å². The minimum Gasteiger partial charge on any atom is -0.497 e. The van der Waals surface area contributed by atoms with Crippen LogP contribution in [0.25, 0.3) is 0 Å². The molecule has 0 unspecified atom stereocenters. The summed E-state index contributed by atoms with van der Waals surface area (Å²) in [4.78, 5) is 0. The largest absolute Gasteiger partial charge is 0.497 e. The molecule has 2 rings (SSSR count). The van der Waals surface area contributed by atoms with Crippen LogP contribution in [0.2, 0.25) is 0 Å². The van der Waals surface area contributed by atoms with Crippen molar-refractivity contribution in [3.8, 4) is 5.75 Å². The fourth-order valence-electron chi connectivity index (χ4n) is 2.50. The highest BCUT2D eigenvalue weighted by Gasteiger charge is 2.32. The quantitative estimate of drug-likeness (QED) is 0.754. The summed E-state index contributed by atoms with van der Waals surface area (Å²) in [6.07, 6.45) is 4.97. The van der Waals surface area contributed by atoms with Crippen molar-refractivity contribution in [3.05, 3.63) is 23.8 Å². The molecule has 3 heteroatoms. The molecular formula is C13H19NO2. The lowest BCUT2D eigenvalue weighted by molar-refractivity contribution is 0.0000578. The molecule has 0 aliphatic heterocycles. The number of rotatable bonds is 2. The number of benzene rings is 1. The highest BCUT2D eigenvalue weighted by Crippen LogP contribution is 2.40. The van der Waals surface area contributed by atoms with E-state index in [1.54, 1.807) is 13.2 Å². The van der Waals surface area contributed by atoms with Crippen LogP contribution in [0, 0.1) is 0 Å². The molecule has 0 saturated heterocycles. The van der Waals surface area contributed by atoms with Gasteiger partial charge in [0.2, 0.25) is 0 Å². The minimum absolute atomic E-state index is 0.628. The molecule has 0 aromatic heterocycles. The van der Waals surface area contributed by atoms with Gasteiger partial charge in [-0.25, -0.2) is 0 Å². The summed E-state index contributed by atoms with van der Waals surface area (Å²) in [5, 5.41) is 10.6. The average Bonchev–Trinajstić information content (AvgIpc) is 2.29. The van der Waals surface area contributed by atoms with E-state index in [2.05, 4.69) is 0 Å². The third kappa shape index (κ3) is 2.00. The number of nitrogens with two attached hydrogens (primary N) is 1. The molecule has 16 heavy (non-hydrogen) atoms. The molecule has 1 aromatic carbocycles. The second-order valence-corrected chi connectivity index (χ2v) is 4.55. The Morgan fingerprint density at radius 3 is 2.50 bits per heavy atom. The second-order valence-electron chi connectivity index (χ2n) is 4.55. The first-order valence-corrected chi connectivity index (χ1v) is 5.82. The predicted octanol–water partition coefficient (Wildman–Crippen LogP) is 2.43. The molecule has 1 aromatic rings. The van der Waals surface area contributed by atoms with Crippen LogP contribution < -0.4 is 10.5 Å². The predicted molar refractivity (Wildman–Crippen MR) is 64.4 cm³/mol. The van der Waals surface area contributed by atoms with Crippen LogP contribution in [0.1, 0.15) is 37.7 Å². The van der Waals surface area contributed by atoms with Gasteiger partial charge in [-0.2, -0.15) is 0 Å². The lowest BCUT2D eigenvalue weighted by atomic mass is 9.79. The van der Waals surface area contributed by atoms with Gasteiger partial charge in [0.25, 0.3) is 0 Å². The summed E-state index contributed by atoms with van der Waals surface area (Å²) in [6.45, 7) is 0. The van der Waals surface area contributed by atoms with Crippen molar-refractivity contribution in [2.24, 2.45) is 0 Å². The van der Waals surface area contributed by atoms with Crippen molar-refractivity contribution in [2.45, 2.75) is 37.7 Å². The maximum Gasteiger partial charge on any atom is 0.120 e. The Morgan fingerprint density at radius 2 is 1.94 bits per heavy atom. The molecule has 3 N–H and O–H groups in total. The summed E-state index contributed by atoms with van der Waals surface area (Å²) in [6, 6.07) is 5.53. The van der Waals surface area contributed by atoms with Crippen molar-refractivity contribution in [3.63, 3.8) is 0 Å². The Morgan fingerprint density at radius 1 is 1.25 bits per heavy atom. The van der Waals surface area contributed by atoms with Crippen molar-refractivity contribution in [1.29, 1.82) is 0 Å². The third-order valence-electron chi connectivity index (χ3n) is 3.44. The highest BCUT2D eigenvalue weighted by atomic mass is 16.5. The van der Waals surface area contributed by atoms with E-state index in [1.165, 1.54) is 6.42 Å². The smallest absolute Gasteiger partial charge is 0.120 e. The first-order valence-electron chi connectivity index (χ1n) is 5.82. The summed E-state index contributed by atoms with van der Waals surface area (Å²) in [5.74, 6) is 0.737. The molecule has 0 bridgehead atoms. The van der Waals surface area contributed by atoms with Crippen molar-refractivity contribution < 1.29 is 9.84 Å². The number of anilines is 1. The maximum atomic E-state index is 10.6. The molecule has 1 aliphatic carbocycles. The Labute approximate surface area is 96.2 Å². The number of aliphatic hydroxyl groups is 1. The lowest BCUT2D eigenvalue weighted by Gasteiger charge is -2.33. The lowest BCUT2D eigenvalue weighted by Crippen LogP contribution is -2.29. The van der Waals surface area contributed by atoms with Crippen LogP contribution in [0.4, 0.5) is 5.69 Å². The third-order valence-corrected chi connectivity index (χ3v) is 3.44. The summed E-state index contributed by atoms with van der Waals surface area (Å²) >= 11 is 0. The Hall–Kier alpha value is -1.22. The van der Waals surface area contributed by atoms with Gasteiger partial charge in [0, 0.05) is 17.3 Å². The Bertz CT molecular complexity index is 370. The fraction of sp³-hybridized carbons (Fsp3) is 0.538. The van der Waals surface area contributed by atoms with Crippen LogP contribution in [0.5, 0.6) is 5.75 Å². The molecule has 0 radical (unpaired) electrons. The number of hydrogen-bond acceptors (Lipinski definition) is 3. The van der Waals surface area contributed by atoms with E-state index in [1.807, 2.05) is 12.1 Å². The van der Waals surface area contributed by atoms with Crippen LogP contribution in [-0.4, -0.2) is 12.2 Å². The zero-order chi connectivity index (χ0) is 11.6. The molecule has 0 heterocycles. The van der Waals surface area contributed by atoms with Crippen LogP contribution in [0.15, 0.2) is 18.2 Å². The molecule has 1 fully saturated rings. The maximum absolute atomic E-state index is 10.6. The molecule has 3 nitrogen and oxygen atoms in total. The van der Waals surface area contributed by atoms with Crippen LogP contribution >= 0.6 is 0 Å². The van der Waals surface area contributed by atoms with Crippen LogP contribution in [0.3, 0.4) is 0 Å². The average molecular weight is 221 g/mol. The monoisotopic (exact) mass is 221 g/mol. The van der Waals surface area contributed by atoms with E-state index in [0.29, 0.717) is 5.69 Å². The molecular weight excluding hydrogens is 202 g/mol. The Kier molecular flexibility index (Phi) is 3.06. The number of methoxy groups -OCH3 is 1. The minimum atomic E-state index is -0.728. The zero-order valence-corrected chi connectivity index (χ0v) is 9.70. The summed E-state index contributed by atoms with van der Waals surface area (Å²) in [7, 11) is 1.61. The van der Waals surface area contributed by atoms with Gasteiger partial charge in [0.05, 0.1) is 12.7 Å². The summed E-state index contributed by atoms with van der Waals surface area (Å²) < 4.78 is 5.11.